The van der Waals surface area contributed by atoms with E-state index in [1.54, 1.807) is 0 Å². The summed E-state index contributed by atoms with van der Waals surface area (Å²) in [5, 5.41) is 15.2. The van der Waals surface area contributed by atoms with Crippen molar-refractivity contribution in [2.75, 3.05) is 12.4 Å². The molecule has 16 heavy (non-hydrogen) atoms. The number of nitro groups is 1. The summed E-state index contributed by atoms with van der Waals surface area (Å²) >= 11 is 0. The van der Waals surface area contributed by atoms with Gasteiger partial charge in [-0.3, -0.25) is 0 Å². The first-order valence-corrected chi connectivity index (χ1v) is 5.84. The van der Waals surface area contributed by atoms with Gasteiger partial charge in [0.1, 0.15) is 12.8 Å². The number of nitrogens with two attached hydrogens (primary N) is 1. The van der Waals surface area contributed by atoms with Crippen molar-refractivity contribution in [2.24, 2.45) is 5.14 Å². The Kier molecular flexibility index (Phi) is 3.74. The number of nitrogens with zero attached hydrogens (tertiary/aromatic N) is 2. The highest BCUT2D eigenvalue weighted by Gasteiger charge is 2.15. The topological polar surface area (TPSA) is 125 Å². The Morgan fingerprint density at radius 2 is 2.25 bits per heavy atom. The number of ether oxygens (including phenoxy) is 1. The van der Waals surface area contributed by atoms with Crippen LogP contribution < -0.4 is 9.88 Å². The maximum Gasteiger partial charge on any atom is 0.406 e. The Labute approximate surface area is 91.2 Å². The van der Waals surface area contributed by atoms with Crippen molar-refractivity contribution < 1.29 is 18.1 Å². The van der Waals surface area contributed by atoms with Crippen LogP contribution in [0.2, 0.25) is 0 Å². The molecule has 0 aliphatic carbocycles. The Hall–Kier alpha value is -1.74. The Morgan fingerprint density at radius 1 is 1.56 bits per heavy atom. The molecule has 1 rings (SSSR count). The van der Waals surface area contributed by atoms with E-state index in [2.05, 4.69) is 4.98 Å². The predicted octanol–water partition coefficient (Wildman–Crippen LogP) is -0.343. The lowest BCUT2D eigenvalue weighted by molar-refractivity contribution is -0.390. The van der Waals surface area contributed by atoms with Gasteiger partial charge in [-0.25, -0.2) is 13.6 Å². The lowest BCUT2D eigenvalue weighted by atomic mass is 10.4. The van der Waals surface area contributed by atoms with E-state index in [0.29, 0.717) is 0 Å². The third-order valence-electron chi connectivity index (χ3n) is 1.55. The van der Waals surface area contributed by atoms with Gasteiger partial charge in [0.25, 0.3) is 0 Å². The van der Waals surface area contributed by atoms with Crippen molar-refractivity contribution in [2.45, 2.75) is 0 Å². The van der Waals surface area contributed by atoms with Crippen molar-refractivity contribution in [3.63, 3.8) is 0 Å². The summed E-state index contributed by atoms with van der Waals surface area (Å²) in [6.45, 7) is -0.259. The van der Waals surface area contributed by atoms with Gasteiger partial charge >= 0.3 is 5.82 Å². The summed E-state index contributed by atoms with van der Waals surface area (Å²) in [7, 11) is -3.64. The number of pyridine rings is 1. The predicted molar refractivity (Wildman–Crippen MR) is 54.4 cm³/mol. The van der Waals surface area contributed by atoms with Crippen LogP contribution in [0.4, 0.5) is 5.82 Å². The van der Waals surface area contributed by atoms with Crippen LogP contribution in [-0.2, 0) is 10.0 Å². The molecule has 1 aromatic rings. The molecule has 0 saturated carbocycles. The van der Waals surface area contributed by atoms with Gasteiger partial charge in [0.15, 0.2) is 0 Å². The van der Waals surface area contributed by atoms with E-state index in [-0.39, 0.29) is 12.4 Å². The number of hydrogen-bond donors (Lipinski definition) is 1. The van der Waals surface area contributed by atoms with E-state index in [0.717, 1.165) is 0 Å². The second-order valence-corrected chi connectivity index (χ2v) is 4.53. The summed E-state index contributed by atoms with van der Waals surface area (Å²) < 4.78 is 26.1. The van der Waals surface area contributed by atoms with E-state index in [1.807, 2.05) is 0 Å². The van der Waals surface area contributed by atoms with Crippen molar-refractivity contribution in [1.82, 2.24) is 4.98 Å². The van der Waals surface area contributed by atoms with Crippen LogP contribution in [0.1, 0.15) is 0 Å². The summed E-state index contributed by atoms with van der Waals surface area (Å²) in [6, 6.07) is 2.77. The van der Waals surface area contributed by atoms with E-state index < -0.39 is 26.5 Å². The molecule has 88 valence electrons. The standard InChI is InChI=1S/C7H9N3O5S/c8-16(13,14)5-4-15-6-2-1-3-9-7(6)10(11)12/h1-3H,4-5H2,(H2,8,13,14). The molecule has 1 aromatic heterocycles. The van der Waals surface area contributed by atoms with Crippen LogP contribution in [0, 0.1) is 10.1 Å². The Morgan fingerprint density at radius 3 is 2.81 bits per heavy atom. The minimum atomic E-state index is -3.64. The Bertz CT molecular complexity index is 487. The lowest BCUT2D eigenvalue weighted by Gasteiger charge is -2.04. The molecule has 0 atom stereocenters. The van der Waals surface area contributed by atoms with Crippen LogP contribution >= 0.6 is 0 Å². The zero-order valence-corrected chi connectivity index (χ0v) is 8.88. The summed E-state index contributed by atoms with van der Waals surface area (Å²) in [6.07, 6.45) is 1.24. The first-order chi connectivity index (χ1) is 7.40. The van der Waals surface area contributed by atoms with Crippen molar-refractivity contribution in [3.8, 4) is 5.75 Å². The molecular weight excluding hydrogens is 238 g/mol. The average Bonchev–Trinajstić information content (AvgIpc) is 2.16. The second kappa shape index (κ2) is 4.86. The van der Waals surface area contributed by atoms with Crippen LogP contribution in [0.3, 0.4) is 0 Å². The first-order valence-electron chi connectivity index (χ1n) is 4.13. The van der Waals surface area contributed by atoms with Gasteiger partial charge in [-0.15, -0.1) is 0 Å². The van der Waals surface area contributed by atoms with Crippen LogP contribution in [0.5, 0.6) is 5.75 Å². The van der Waals surface area contributed by atoms with Crippen LogP contribution in [-0.4, -0.2) is 30.7 Å². The Balaban J connectivity index is 2.71. The molecule has 1 heterocycles. The number of aromatic nitrogens is 1. The minimum Gasteiger partial charge on any atom is -0.485 e. The molecule has 0 amide bonds. The van der Waals surface area contributed by atoms with E-state index >= 15 is 0 Å². The quantitative estimate of drug-likeness (QED) is 0.560. The van der Waals surface area contributed by atoms with Gasteiger partial charge in [-0.2, -0.15) is 0 Å². The van der Waals surface area contributed by atoms with Gasteiger partial charge < -0.3 is 14.9 Å². The minimum absolute atomic E-state index is 0.0869. The van der Waals surface area contributed by atoms with Gasteiger partial charge in [-0.05, 0) is 22.0 Å². The number of sulfonamides is 1. The fourth-order valence-electron chi connectivity index (χ4n) is 0.900. The smallest absolute Gasteiger partial charge is 0.406 e. The summed E-state index contributed by atoms with van der Waals surface area (Å²) in [4.78, 5) is 13.3. The third kappa shape index (κ3) is 3.79. The summed E-state index contributed by atoms with van der Waals surface area (Å²) in [5.41, 5.74) is 0. The molecule has 0 bridgehead atoms. The van der Waals surface area contributed by atoms with Gasteiger partial charge in [0, 0.05) is 0 Å². The molecule has 2 N–H and O–H groups in total. The molecule has 0 radical (unpaired) electrons. The van der Waals surface area contributed by atoms with Gasteiger partial charge in [0.05, 0.1) is 5.75 Å². The largest absolute Gasteiger partial charge is 0.485 e. The van der Waals surface area contributed by atoms with Crippen LogP contribution in [0.15, 0.2) is 18.3 Å². The molecule has 8 nitrogen and oxygen atoms in total. The zero-order chi connectivity index (χ0) is 12.2. The maximum atomic E-state index is 10.6. The number of rotatable bonds is 5. The fraction of sp³-hybridized carbons (Fsp3) is 0.286. The highest BCUT2D eigenvalue weighted by molar-refractivity contribution is 7.89. The fourth-order valence-corrected chi connectivity index (χ4v) is 1.22. The molecular formula is C7H9N3O5S. The highest BCUT2D eigenvalue weighted by atomic mass is 32.2. The van der Waals surface area contributed by atoms with Crippen molar-refractivity contribution in [1.29, 1.82) is 0 Å². The first kappa shape index (κ1) is 12.3. The van der Waals surface area contributed by atoms with Gasteiger partial charge in [0.2, 0.25) is 15.8 Å². The molecule has 0 aliphatic rings. The third-order valence-corrected chi connectivity index (χ3v) is 2.28. The highest BCUT2D eigenvalue weighted by Crippen LogP contribution is 2.22. The summed E-state index contributed by atoms with van der Waals surface area (Å²) in [5.74, 6) is -0.966. The second-order valence-electron chi connectivity index (χ2n) is 2.80. The molecule has 9 heteroatoms. The molecule has 0 aliphatic heterocycles. The monoisotopic (exact) mass is 247 g/mol. The number of hydrogen-bond acceptors (Lipinski definition) is 6. The SMILES string of the molecule is NS(=O)(=O)CCOc1cccnc1[N+](=O)[O-]. The van der Waals surface area contributed by atoms with E-state index in [1.165, 1.54) is 18.3 Å². The molecule has 0 unspecified atom stereocenters. The molecule has 0 aromatic carbocycles. The number of primary sulfonamides is 1. The lowest BCUT2D eigenvalue weighted by Crippen LogP contribution is -2.21. The van der Waals surface area contributed by atoms with Crippen LogP contribution in [0.25, 0.3) is 0 Å². The van der Waals surface area contributed by atoms with Crippen molar-refractivity contribution >= 4 is 15.8 Å². The van der Waals surface area contributed by atoms with Gasteiger partial charge in [-0.1, -0.05) is 0 Å². The molecule has 0 spiro atoms. The van der Waals surface area contributed by atoms with E-state index in [9.17, 15) is 18.5 Å². The van der Waals surface area contributed by atoms with Crippen molar-refractivity contribution in [3.05, 3.63) is 28.4 Å². The maximum absolute atomic E-state index is 10.6. The average molecular weight is 247 g/mol. The molecule has 0 fully saturated rings. The normalized spacial score (nSPS) is 11.1. The van der Waals surface area contributed by atoms with E-state index in [4.69, 9.17) is 9.88 Å². The molecule has 0 saturated heterocycles. The zero-order valence-electron chi connectivity index (χ0n) is 8.07.